The number of carbonyl (C=O) groups excluding carboxylic acids is 2. The Bertz CT molecular complexity index is 625. The zero-order chi connectivity index (χ0) is 18.6. The first-order chi connectivity index (χ1) is 11.7. The minimum atomic E-state index is -0.923. The number of benzene rings is 1. The predicted molar refractivity (Wildman–Crippen MR) is 99.4 cm³/mol. The van der Waals surface area contributed by atoms with Gasteiger partial charge < -0.3 is 15.7 Å². The summed E-state index contributed by atoms with van der Waals surface area (Å²) in [5.41, 5.74) is 0.179. The Morgan fingerprint density at radius 3 is 2.64 bits per heavy atom. The van der Waals surface area contributed by atoms with E-state index in [0.29, 0.717) is 29.5 Å². The van der Waals surface area contributed by atoms with E-state index in [9.17, 15) is 14.7 Å². The summed E-state index contributed by atoms with van der Waals surface area (Å²) < 4.78 is 0. The van der Waals surface area contributed by atoms with Crippen molar-refractivity contribution in [2.45, 2.75) is 52.6 Å². The number of amides is 2. The van der Waals surface area contributed by atoms with Gasteiger partial charge in [0.05, 0.1) is 5.60 Å². The maximum Gasteiger partial charge on any atom is 0.251 e. The van der Waals surface area contributed by atoms with E-state index in [2.05, 4.69) is 31.4 Å². The molecule has 0 aromatic heterocycles. The van der Waals surface area contributed by atoms with Crippen LogP contribution in [0.1, 0.15) is 57.3 Å². The van der Waals surface area contributed by atoms with Crippen LogP contribution in [-0.4, -0.2) is 29.1 Å². The second-order valence-corrected chi connectivity index (χ2v) is 8.00. The van der Waals surface area contributed by atoms with Crippen LogP contribution in [0.3, 0.4) is 0 Å². The molecule has 25 heavy (non-hydrogen) atoms. The Hall–Kier alpha value is -1.88. The highest BCUT2D eigenvalue weighted by molar-refractivity contribution is 5.98. The van der Waals surface area contributed by atoms with Gasteiger partial charge in [0, 0.05) is 23.7 Å². The van der Waals surface area contributed by atoms with E-state index < -0.39 is 5.60 Å². The van der Waals surface area contributed by atoms with Crippen molar-refractivity contribution in [2.24, 2.45) is 17.8 Å². The highest BCUT2D eigenvalue weighted by Crippen LogP contribution is 2.38. The number of nitrogens with one attached hydrogen (secondary N) is 2. The van der Waals surface area contributed by atoms with Gasteiger partial charge in [-0.2, -0.15) is 0 Å². The molecular weight excluding hydrogens is 316 g/mol. The van der Waals surface area contributed by atoms with Crippen molar-refractivity contribution < 1.29 is 14.7 Å². The maximum atomic E-state index is 12.3. The molecule has 1 aromatic carbocycles. The van der Waals surface area contributed by atoms with Gasteiger partial charge in [0.2, 0.25) is 5.91 Å². The highest BCUT2D eigenvalue weighted by Gasteiger charge is 2.39. The molecule has 0 saturated heterocycles. The standard InChI is InChI=1S/C20H30N2O3/c1-13(2)8-9-20(4,25)12-21-18(23)15-6-5-7-16(11-15)22-19(24)17-10-14(17)3/h5-7,11,13-14,17,25H,8-10,12H2,1-4H3,(H,21,23)(H,22,24). The van der Waals surface area contributed by atoms with Crippen LogP contribution in [0.4, 0.5) is 5.69 Å². The quantitative estimate of drug-likeness (QED) is 0.676. The number of aliphatic hydroxyl groups is 1. The van der Waals surface area contributed by atoms with Crippen LogP contribution in [0.5, 0.6) is 0 Å². The van der Waals surface area contributed by atoms with Crippen molar-refractivity contribution in [3.05, 3.63) is 29.8 Å². The van der Waals surface area contributed by atoms with E-state index in [4.69, 9.17) is 0 Å². The summed E-state index contributed by atoms with van der Waals surface area (Å²) in [6.45, 7) is 8.21. The van der Waals surface area contributed by atoms with E-state index >= 15 is 0 Å². The average molecular weight is 346 g/mol. The number of rotatable bonds is 8. The van der Waals surface area contributed by atoms with Gasteiger partial charge in [-0.1, -0.05) is 26.8 Å². The average Bonchev–Trinajstić information content (AvgIpc) is 3.28. The first-order valence-corrected chi connectivity index (χ1v) is 9.09. The molecule has 5 heteroatoms. The number of carbonyl (C=O) groups is 2. The molecule has 2 amide bonds. The summed E-state index contributed by atoms with van der Waals surface area (Å²) in [5.74, 6) is 0.812. The molecule has 0 bridgehead atoms. The number of hydrogen-bond acceptors (Lipinski definition) is 3. The summed E-state index contributed by atoms with van der Waals surface area (Å²) >= 11 is 0. The zero-order valence-electron chi connectivity index (χ0n) is 15.6. The van der Waals surface area contributed by atoms with Gasteiger partial charge >= 0.3 is 0 Å². The molecule has 2 rings (SSSR count). The second kappa shape index (κ2) is 8.00. The largest absolute Gasteiger partial charge is 0.388 e. The molecule has 138 valence electrons. The Balaban J connectivity index is 1.89. The molecule has 0 aliphatic heterocycles. The third kappa shape index (κ3) is 6.16. The van der Waals surface area contributed by atoms with Gasteiger partial charge in [0.1, 0.15) is 0 Å². The van der Waals surface area contributed by atoms with Crippen LogP contribution in [0.15, 0.2) is 24.3 Å². The monoisotopic (exact) mass is 346 g/mol. The lowest BCUT2D eigenvalue weighted by Crippen LogP contribution is -2.40. The summed E-state index contributed by atoms with van der Waals surface area (Å²) in [6.07, 6.45) is 2.47. The Kier molecular flexibility index (Phi) is 6.22. The molecule has 0 radical (unpaired) electrons. The van der Waals surface area contributed by atoms with Crippen LogP contribution >= 0.6 is 0 Å². The summed E-state index contributed by atoms with van der Waals surface area (Å²) in [6, 6.07) is 6.90. The molecule has 1 saturated carbocycles. The molecule has 1 fully saturated rings. The Morgan fingerprint density at radius 2 is 2.04 bits per heavy atom. The van der Waals surface area contributed by atoms with Crippen LogP contribution in [-0.2, 0) is 4.79 Å². The van der Waals surface area contributed by atoms with Gasteiger partial charge in [-0.25, -0.2) is 0 Å². The van der Waals surface area contributed by atoms with Gasteiger partial charge in [0.25, 0.3) is 5.91 Å². The van der Waals surface area contributed by atoms with Crippen molar-refractivity contribution in [2.75, 3.05) is 11.9 Å². The van der Waals surface area contributed by atoms with Crippen molar-refractivity contribution >= 4 is 17.5 Å². The third-order valence-electron chi connectivity index (χ3n) is 4.73. The Labute approximate surface area is 150 Å². The van der Waals surface area contributed by atoms with Gasteiger partial charge in [0.15, 0.2) is 0 Å². The van der Waals surface area contributed by atoms with Crippen LogP contribution in [0.2, 0.25) is 0 Å². The number of anilines is 1. The predicted octanol–water partition coefficient (Wildman–Crippen LogP) is 3.20. The van der Waals surface area contributed by atoms with E-state index in [-0.39, 0.29) is 24.3 Å². The lowest BCUT2D eigenvalue weighted by atomic mass is 9.95. The molecule has 1 aliphatic rings. The fraction of sp³-hybridized carbons (Fsp3) is 0.600. The molecule has 3 atom stereocenters. The fourth-order valence-corrected chi connectivity index (χ4v) is 2.72. The van der Waals surface area contributed by atoms with Crippen molar-refractivity contribution in [1.29, 1.82) is 0 Å². The third-order valence-corrected chi connectivity index (χ3v) is 4.73. The minimum absolute atomic E-state index is 0.0154. The highest BCUT2D eigenvalue weighted by atomic mass is 16.3. The van der Waals surface area contributed by atoms with E-state index in [1.807, 2.05) is 0 Å². The van der Waals surface area contributed by atoms with Crippen LogP contribution in [0.25, 0.3) is 0 Å². The molecule has 1 aliphatic carbocycles. The van der Waals surface area contributed by atoms with E-state index in [1.165, 1.54) is 0 Å². The van der Waals surface area contributed by atoms with E-state index in [1.54, 1.807) is 31.2 Å². The summed E-state index contributed by atoms with van der Waals surface area (Å²) in [7, 11) is 0. The molecule has 0 spiro atoms. The van der Waals surface area contributed by atoms with Gasteiger partial charge in [-0.05, 0) is 56.2 Å². The normalized spacial score (nSPS) is 21.5. The molecular formula is C20H30N2O3. The minimum Gasteiger partial charge on any atom is -0.388 e. The molecule has 1 aromatic rings. The first-order valence-electron chi connectivity index (χ1n) is 9.09. The topological polar surface area (TPSA) is 78.4 Å². The molecule has 3 unspecified atom stereocenters. The molecule has 3 N–H and O–H groups in total. The van der Waals surface area contributed by atoms with Crippen LogP contribution < -0.4 is 10.6 Å². The Morgan fingerprint density at radius 1 is 1.36 bits per heavy atom. The van der Waals surface area contributed by atoms with Crippen molar-refractivity contribution in [3.63, 3.8) is 0 Å². The van der Waals surface area contributed by atoms with Crippen LogP contribution in [0, 0.1) is 17.8 Å². The second-order valence-electron chi connectivity index (χ2n) is 8.00. The van der Waals surface area contributed by atoms with Crippen molar-refractivity contribution in [3.8, 4) is 0 Å². The molecule has 5 nitrogen and oxygen atoms in total. The van der Waals surface area contributed by atoms with Crippen molar-refractivity contribution in [1.82, 2.24) is 5.32 Å². The van der Waals surface area contributed by atoms with Gasteiger partial charge in [-0.15, -0.1) is 0 Å². The fourth-order valence-electron chi connectivity index (χ4n) is 2.72. The maximum absolute atomic E-state index is 12.3. The smallest absolute Gasteiger partial charge is 0.251 e. The SMILES string of the molecule is CC(C)CCC(C)(O)CNC(=O)c1cccc(NC(=O)C2CC2C)c1. The first kappa shape index (κ1) is 19.4. The number of hydrogen-bond donors (Lipinski definition) is 3. The lowest BCUT2D eigenvalue weighted by molar-refractivity contribution is -0.117. The zero-order valence-corrected chi connectivity index (χ0v) is 15.6. The molecule has 0 heterocycles. The summed E-state index contributed by atoms with van der Waals surface area (Å²) in [5, 5.41) is 16.0. The lowest BCUT2D eigenvalue weighted by Gasteiger charge is -2.24. The van der Waals surface area contributed by atoms with Gasteiger partial charge in [-0.3, -0.25) is 9.59 Å². The van der Waals surface area contributed by atoms with E-state index in [0.717, 1.165) is 12.8 Å². The summed E-state index contributed by atoms with van der Waals surface area (Å²) in [4.78, 5) is 24.3.